The van der Waals surface area contributed by atoms with Crippen molar-refractivity contribution in [3.63, 3.8) is 0 Å². The maximum atomic E-state index is 4.46. The molecule has 1 aliphatic rings. The Labute approximate surface area is 146 Å². The number of nitrogens with zero attached hydrogens (tertiary/aromatic N) is 6. The van der Waals surface area contributed by atoms with Crippen LogP contribution in [-0.2, 0) is 0 Å². The smallest absolute Gasteiger partial charge is 0.215 e. The van der Waals surface area contributed by atoms with E-state index < -0.39 is 0 Å². The summed E-state index contributed by atoms with van der Waals surface area (Å²) in [6, 6.07) is 12.9. The summed E-state index contributed by atoms with van der Waals surface area (Å²) in [6.07, 6.45) is 3.91. The largest absolute Gasteiger partial charge is 0.229 e. The Morgan fingerprint density at radius 3 is 2.83 bits per heavy atom. The Balaban J connectivity index is 1.56. The molecule has 0 saturated heterocycles. The van der Waals surface area contributed by atoms with Crippen LogP contribution < -0.4 is 0 Å². The van der Waals surface area contributed by atoms with Gasteiger partial charge < -0.3 is 0 Å². The standard InChI is InChI=1S/C16H12N6S2/c1-2-4-10(5-3-1)13-8-12-14(23-13)17-9-18-15(12)24-16-19-20-21-22(16)11-6-7-11/h1-5,8-9,11H,6-7H2. The van der Waals surface area contributed by atoms with Crippen LogP contribution in [-0.4, -0.2) is 30.2 Å². The molecule has 6 nitrogen and oxygen atoms in total. The number of aromatic nitrogens is 6. The van der Waals surface area contributed by atoms with Gasteiger partial charge in [-0.15, -0.1) is 16.4 Å². The zero-order valence-electron chi connectivity index (χ0n) is 12.5. The van der Waals surface area contributed by atoms with Gasteiger partial charge in [-0.05, 0) is 46.7 Å². The molecule has 1 fully saturated rings. The van der Waals surface area contributed by atoms with Crippen molar-refractivity contribution < 1.29 is 0 Å². The fourth-order valence-electron chi connectivity index (χ4n) is 2.55. The first kappa shape index (κ1) is 14.1. The van der Waals surface area contributed by atoms with Crippen LogP contribution in [0.5, 0.6) is 0 Å². The average molecular weight is 352 g/mol. The summed E-state index contributed by atoms with van der Waals surface area (Å²) in [5, 5.41) is 14.8. The van der Waals surface area contributed by atoms with Gasteiger partial charge >= 0.3 is 0 Å². The van der Waals surface area contributed by atoms with Crippen molar-refractivity contribution in [1.29, 1.82) is 0 Å². The molecule has 1 aromatic carbocycles. The highest BCUT2D eigenvalue weighted by Crippen LogP contribution is 2.40. The van der Waals surface area contributed by atoms with E-state index in [1.807, 2.05) is 22.9 Å². The minimum absolute atomic E-state index is 0.446. The van der Waals surface area contributed by atoms with Crippen LogP contribution in [0.4, 0.5) is 0 Å². The molecule has 0 N–H and O–H groups in total. The summed E-state index contributed by atoms with van der Waals surface area (Å²) in [4.78, 5) is 11.1. The lowest BCUT2D eigenvalue weighted by Crippen LogP contribution is -1.98. The van der Waals surface area contributed by atoms with Crippen molar-refractivity contribution in [2.24, 2.45) is 0 Å². The van der Waals surface area contributed by atoms with Crippen LogP contribution in [0.15, 0.2) is 52.9 Å². The van der Waals surface area contributed by atoms with Gasteiger partial charge in [-0.25, -0.2) is 14.6 Å². The van der Waals surface area contributed by atoms with Crippen molar-refractivity contribution in [3.8, 4) is 10.4 Å². The summed E-state index contributed by atoms with van der Waals surface area (Å²) in [7, 11) is 0. The van der Waals surface area contributed by atoms with E-state index >= 15 is 0 Å². The van der Waals surface area contributed by atoms with E-state index in [0.29, 0.717) is 6.04 Å². The number of thiophene rings is 1. The summed E-state index contributed by atoms with van der Waals surface area (Å²) < 4.78 is 1.91. The molecule has 5 rings (SSSR count). The van der Waals surface area contributed by atoms with E-state index in [1.165, 1.54) is 22.2 Å². The minimum atomic E-state index is 0.446. The predicted molar refractivity (Wildman–Crippen MR) is 93.1 cm³/mol. The van der Waals surface area contributed by atoms with E-state index in [9.17, 15) is 0 Å². The molecule has 1 aliphatic carbocycles. The van der Waals surface area contributed by atoms with Crippen molar-refractivity contribution in [2.45, 2.75) is 29.1 Å². The van der Waals surface area contributed by atoms with E-state index in [4.69, 9.17) is 0 Å². The van der Waals surface area contributed by atoms with E-state index in [0.717, 1.165) is 33.2 Å². The topological polar surface area (TPSA) is 69.4 Å². The lowest BCUT2D eigenvalue weighted by atomic mass is 10.2. The quantitative estimate of drug-likeness (QED) is 0.520. The molecule has 0 bridgehead atoms. The second-order valence-electron chi connectivity index (χ2n) is 5.61. The third-order valence-corrected chi connectivity index (χ3v) is 5.96. The number of hydrogen-bond donors (Lipinski definition) is 0. The molecule has 0 aliphatic heterocycles. The zero-order chi connectivity index (χ0) is 15.9. The van der Waals surface area contributed by atoms with Gasteiger partial charge in [0.1, 0.15) is 16.2 Å². The van der Waals surface area contributed by atoms with E-state index in [1.54, 1.807) is 17.7 Å². The van der Waals surface area contributed by atoms with Crippen LogP contribution in [0.3, 0.4) is 0 Å². The molecule has 3 aromatic heterocycles. The van der Waals surface area contributed by atoms with E-state index in [-0.39, 0.29) is 0 Å². The molecule has 3 heterocycles. The van der Waals surface area contributed by atoms with Gasteiger partial charge in [-0.1, -0.05) is 30.3 Å². The van der Waals surface area contributed by atoms with Crippen molar-refractivity contribution in [1.82, 2.24) is 30.2 Å². The van der Waals surface area contributed by atoms with Crippen LogP contribution in [0, 0.1) is 0 Å². The predicted octanol–water partition coefficient (Wildman–Crippen LogP) is 3.83. The fourth-order valence-corrected chi connectivity index (χ4v) is 4.51. The van der Waals surface area contributed by atoms with Gasteiger partial charge in [0.15, 0.2) is 0 Å². The highest BCUT2D eigenvalue weighted by molar-refractivity contribution is 7.99. The highest BCUT2D eigenvalue weighted by atomic mass is 32.2. The molecule has 0 atom stereocenters. The van der Waals surface area contributed by atoms with Gasteiger partial charge in [0.25, 0.3) is 0 Å². The monoisotopic (exact) mass is 352 g/mol. The number of fused-ring (bicyclic) bond motifs is 1. The first-order chi connectivity index (χ1) is 11.9. The summed E-state index contributed by atoms with van der Waals surface area (Å²) in [6.45, 7) is 0. The summed E-state index contributed by atoms with van der Waals surface area (Å²) in [5.74, 6) is 0. The Morgan fingerprint density at radius 2 is 2.00 bits per heavy atom. The molecule has 24 heavy (non-hydrogen) atoms. The molecule has 0 spiro atoms. The molecule has 0 unspecified atom stereocenters. The molecule has 4 aromatic rings. The molecule has 0 radical (unpaired) electrons. The molecular weight excluding hydrogens is 340 g/mol. The number of hydrogen-bond acceptors (Lipinski definition) is 7. The van der Waals surface area contributed by atoms with Gasteiger partial charge in [-0.2, -0.15) is 0 Å². The van der Waals surface area contributed by atoms with Crippen LogP contribution in [0.25, 0.3) is 20.7 Å². The summed E-state index contributed by atoms with van der Waals surface area (Å²) >= 11 is 3.19. The van der Waals surface area contributed by atoms with Gasteiger partial charge in [0, 0.05) is 10.3 Å². The number of tetrazole rings is 1. The maximum absolute atomic E-state index is 4.46. The second kappa shape index (κ2) is 5.64. The van der Waals surface area contributed by atoms with Crippen LogP contribution in [0.2, 0.25) is 0 Å². The Bertz CT molecular complexity index is 1010. The summed E-state index contributed by atoms with van der Waals surface area (Å²) in [5.41, 5.74) is 1.19. The normalized spacial score (nSPS) is 14.3. The van der Waals surface area contributed by atoms with Gasteiger partial charge in [0.05, 0.1) is 6.04 Å². The molecule has 1 saturated carbocycles. The van der Waals surface area contributed by atoms with Crippen LogP contribution >= 0.6 is 23.1 Å². The van der Waals surface area contributed by atoms with Crippen molar-refractivity contribution in [3.05, 3.63) is 42.7 Å². The minimum Gasteiger partial charge on any atom is -0.229 e. The second-order valence-corrected chi connectivity index (χ2v) is 7.60. The van der Waals surface area contributed by atoms with Gasteiger partial charge in [0.2, 0.25) is 5.16 Å². The van der Waals surface area contributed by atoms with Gasteiger partial charge in [-0.3, -0.25) is 0 Å². The fraction of sp³-hybridized carbons (Fsp3) is 0.188. The van der Waals surface area contributed by atoms with E-state index in [2.05, 4.69) is 43.7 Å². The maximum Gasteiger partial charge on any atom is 0.215 e. The molecule has 8 heteroatoms. The van der Waals surface area contributed by atoms with Crippen molar-refractivity contribution >= 4 is 33.3 Å². The average Bonchev–Trinajstić information content (AvgIpc) is 3.19. The number of benzene rings is 1. The molecule has 0 amide bonds. The molecular formula is C16H12N6S2. The Morgan fingerprint density at radius 1 is 1.12 bits per heavy atom. The molecule has 118 valence electrons. The Hall–Kier alpha value is -2.32. The number of rotatable bonds is 4. The first-order valence-corrected chi connectivity index (χ1v) is 9.27. The Kier molecular flexibility index (Phi) is 3.30. The first-order valence-electron chi connectivity index (χ1n) is 7.64. The lowest BCUT2D eigenvalue weighted by molar-refractivity contribution is 0.565. The highest BCUT2D eigenvalue weighted by Gasteiger charge is 2.28. The lowest BCUT2D eigenvalue weighted by Gasteiger charge is -2.02. The third-order valence-electron chi connectivity index (χ3n) is 3.89. The third kappa shape index (κ3) is 2.47. The van der Waals surface area contributed by atoms with Crippen molar-refractivity contribution in [2.75, 3.05) is 0 Å². The zero-order valence-corrected chi connectivity index (χ0v) is 14.2. The SMILES string of the molecule is c1ccc(-c2cc3c(Sc4nnnn4C4CC4)ncnc3s2)cc1. The van der Waals surface area contributed by atoms with Crippen LogP contribution in [0.1, 0.15) is 18.9 Å².